The van der Waals surface area contributed by atoms with Gasteiger partial charge in [0.15, 0.2) is 0 Å². The molecule has 0 aliphatic carbocycles. The van der Waals surface area contributed by atoms with Gasteiger partial charge in [-0.15, -0.1) is 0 Å². The Morgan fingerprint density at radius 3 is 2.42 bits per heavy atom. The summed E-state index contributed by atoms with van der Waals surface area (Å²) in [5, 5.41) is 7.60. The Morgan fingerprint density at radius 1 is 1.00 bits per heavy atom. The lowest BCUT2D eigenvalue weighted by Gasteiger charge is -2.09. The van der Waals surface area contributed by atoms with Gasteiger partial charge in [-0.05, 0) is 48.0 Å². The van der Waals surface area contributed by atoms with Crippen LogP contribution in [0.1, 0.15) is 5.56 Å². The molecule has 0 aliphatic rings. The predicted molar refractivity (Wildman–Crippen MR) is 93.8 cm³/mol. The van der Waals surface area contributed by atoms with Crippen molar-refractivity contribution in [3.05, 3.63) is 72.6 Å². The van der Waals surface area contributed by atoms with Crippen molar-refractivity contribution >= 4 is 0 Å². The molecule has 3 rings (SSSR count). The van der Waals surface area contributed by atoms with Gasteiger partial charge < -0.3 is 14.8 Å². The molecule has 5 heteroatoms. The third kappa shape index (κ3) is 4.36. The molecule has 0 saturated carbocycles. The first kappa shape index (κ1) is 16.1. The van der Waals surface area contributed by atoms with Crippen molar-refractivity contribution in [3.8, 4) is 17.2 Å². The topological polar surface area (TPSA) is 48.3 Å². The molecule has 3 aromatic rings. The zero-order valence-corrected chi connectivity index (χ0v) is 13.7. The summed E-state index contributed by atoms with van der Waals surface area (Å²) in [6.07, 6.45) is 3.71. The van der Waals surface area contributed by atoms with Crippen molar-refractivity contribution in [1.29, 1.82) is 0 Å². The van der Waals surface area contributed by atoms with Crippen LogP contribution in [0.2, 0.25) is 0 Å². The van der Waals surface area contributed by atoms with Gasteiger partial charge in [-0.1, -0.05) is 12.1 Å². The Kier molecular flexibility index (Phi) is 5.48. The molecule has 124 valence electrons. The maximum absolute atomic E-state index is 5.68. The monoisotopic (exact) mass is 323 g/mol. The summed E-state index contributed by atoms with van der Waals surface area (Å²) >= 11 is 0. The van der Waals surface area contributed by atoms with E-state index < -0.39 is 0 Å². The summed E-state index contributed by atoms with van der Waals surface area (Å²) in [6, 6.07) is 17.9. The smallest absolute Gasteiger partial charge is 0.119 e. The van der Waals surface area contributed by atoms with E-state index in [-0.39, 0.29) is 0 Å². The van der Waals surface area contributed by atoms with Gasteiger partial charge in [-0.25, -0.2) is 4.68 Å². The van der Waals surface area contributed by atoms with Crippen LogP contribution in [0.25, 0.3) is 5.69 Å². The second-order valence-corrected chi connectivity index (χ2v) is 5.32. The van der Waals surface area contributed by atoms with E-state index in [0.29, 0.717) is 6.61 Å². The van der Waals surface area contributed by atoms with Crippen molar-refractivity contribution in [1.82, 2.24) is 15.1 Å². The van der Waals surface area contributed by atoms with Crippen LogP contribution in [-0.4, -0.2) is 30.0 Å². The van der Waals surface area contributed by atoms with Crippen molar-refractivity contribution < 1.29 is 9.47 Å². The van der Waals surface area contributed by atoms with E-state index in [1.54, 1.807) is 13.3 Å². The molecular weight excluding hydrogens is 302 g/mol. The Bertz CT molecular complexity index is 722. The molecule has 0 spiro atoms. The molecular formula is C19H21N3O2. The third-order valence-corrected chi connectivity index (χ3v) is 3.64. The van der Waals surface area contributed by atoms with Crippen LogP contribution in [0.3, 0.4) is 0 Å². The molecule has 0 bridgehead atoms. The second-order valence-electron chi connectivity index (χ2n) is 5.32. The molecule has 0 amide bonds. The minimum Gasteiger partial charge on any atom is -0.497 e. The standard InChI is InChI=1S/C19H21N3O2/c1-23-18-7-9-19(10-8-18)24-14-12-20-15-16-3-5-17(6-4-16)22-13-2-11-21-22/h2-11,13,20H,12,14-15H2,1H3. The molecule has 24 heavy (non-hydrogen) atoms. The zero-order valence-electron chi connectivity index (χ0n) is 13.7. The average molecular weight is 323 g/mol. The molecule has 1 aromatic heterocycles. The van der Waals surface area contributed by atoms with Gasteiger partial charge in [-0.2, -0.15) is 5.10 Å². The summed E-state index contributed by atoms with van der Waals surface area (Å²) in [6.45, 7) is 2.22. The van der Waals surface area contributed by atoms with E-state index in [2.05, 4.69) is 34.7 Å². The Labute approximate surface area is 141 Å². The molecule has 0 unspecified atom stereocenters. The summed E-state index contributed by atoms with van der Waals surface area (Å²) in [4.78, 5) is 0. The number of methoxy groups -OCH3 is 1. The summed E-state index contributed by atoms with van der Waals surface area (Å²) < 4.78 is 12.6. The number of aromatic nitrogens is 2. The molecule has 0 aliphatic heterocycles. The zero-order chi connectivity index (χ0) is 16.6. The molecule has 0 atom stereocenters. The van der Waals surface area contributed by atoms with Crippen molar-refractivity contribution in [2.24, 2.45) is 0 Å². The van der Waals surface area contributed by atoms with Crippen LogP contribution < -0.4 is 14.8 Å². The fourth-order valence-corrected chi connectivity index (χ4v) is 2.33. The highest BCUT2D eigenvalue weighted by molar-refractivity contribution is 5.33. The van der Waals surface area contributed by atoms with E-state index in [1.165, 1.54) is 5.56 Å². The predicted octanol–water partition coefficient (Wildman–Crippen LogP) is 3.05. The molecule has 0 saturated heterocycles. The molecule has 2 aromatic carbocycles. The number of ether oxygens (including phenoxy) is 2. The quantitative estimate of drug-likeness (QED) is 0.647. The minimum absolute atomic E-state index is 0.623. The van der Waals surface area contributed by atoms with E-state index in [0.717, 1.165) is 30.3 Å². The maximum Gasteiger partial charge on any atom is 0.119 e. The maximum atomic E-state index is 5.68. The van der Waals surface area contributed by atoms with E-state index in [4.69, 9.17) is 9.47 Å². The highest BCUT2D eigenvalue weighted by atomic mass is 16.5. The van der Waals surface area contributed by atoms with Gasteiger partial charge in [0.25, 0.3) is 0 Å². The van der Waals surface area contributed by atoms with Gasteiger partial charge in [0.1, 0.15) is 18.1 Å². The Morgan fingerprint density at radius 2 is 1.75 bits per heavy atom. The van der Waals surface area contributed by atoms with Crippen molar-refractivity contribution in [2.75, 3.05) is 20.3 Å². The molecule has 0 fully saturated rings. The van der Waals surface area contributed by atoms with Crippen LogP contribution >= 0.6 is 0 Å². The highest BCUT2D eigenvalue weighted by Crippen LogP contribution is 2.16. The van der Waals surface area contributed by atoms with Gasteiger partial charge in [0, 0.05) is 25.5 Å². The average Bonchev–Trinajstić information content (AvgIpc) is 3.17. The molecule has 1 heterocycles. The number of rotatable bonds is 8. The molecule has 1 N–H and O–H groups in total. The number of benzene rings is 2. The van der Waals surface area contributed by atoms with Gasteiger partial charge >= 0.3 is 0 Å². The minimum atomic E-state index is 0.623. The normalized spacial score (nSPS) is 10.5. The molecule has 5 nitrogen and oxygen atoms in total. The van der Waals surface area contributed by atoms with Crippen LogP contribution in [0, 0.1) is 0 Å². The van der Waals surface area contributed by atoms with Crippen LogP contribution in [-0.2, 0) is 6.54 Å². The first-order chi connectivity index (χ1) is 11.8. The van der Waals surface area contributed by atoms with Gasteiger partial charge in [0.05, 0.1) is 12.8 Å². The number of hydrogen-bond acceptors (Lipinski definition) is 4. The Hall–Kier alpha value is -2.79. The lowest BCUT2D eigenvalue weighted by Crippen LogP contribution is -2.20. The molecule has 0 radical (unpaired) electrons. The van der Waals surface area contributed by atoms with Crippen LogP contribution in [0.15, 0.2) is 67.0 Å². The summed E-state index contributed by atoms with van der Waals surface area (Å²) in [5.41, 5.74) is 2.29. The fourth-order valence-electron chi connectivity index (χ4n) is 2.33. The van der Waals surface area contributed by atoms with Crippen LogP contribution in [0.4, 0.5) is 0 Å². The largest absolute Gasteiger partial charge is 0.497 e. The van der Waals surface area contributed by atoms with E-state index in [9.17, 15) is 0 Å². The van der Waals surface area contributed by atoms with E-state index in [1.807, 2.05) is 41.2 Å². The van der Waals surface area contributed by atoms with Crippen molar-refractivity contribution in [3.63, 3.8) is 0 Å². The van der Waals surface area contributed by atoms with Gasteiger partial charge in [-0.3, -0.25) is 0 Å². The number of nitrogens with one attached hydrogen (secondary N) is 1. The van der Waals surface area contributed by atoms with Crippen LogP contribution in [0.5, 0.6) is 11.5 Å². The fraction of sp³-hybridized carbons (Fsp3) is 0.211. The van der Waals surface area contributed by atoms with Gasteiger partial charge in [0.2, 0.25) is 0 Å². The second kappa shape index (κ2) is 8.17. The Balaban J connectivity index is 1.38. The highest BCUT2D eigenvalue weighted by Gasteiger charge is 1.98. The third-order valence-electron chi connectivity index (χ3n) is 3.64. The lowest BCUT2D eigenvalue weighted by atomic mass is 10.2. The number of nitrogens with zero attached hydrogens (tertiary/aromatic N) is 2. The number of hydrogen-bond donors (Lipinski definition) is 1. The van der Waals surface area contributed by atoms with E-state index >= 15 is 0 Å². The first-order valence-electron chi connectivity index (χ1n) is 7.92. The summed E-state index contributed by atoms with van der Waals surface area (Å²) in [5.74, 6) is 1.68. The van der Waals surface area contributed by atoms with Crippen molar-refractivity contribution in [2.45, 2.75) is 6.54 Å². The SMILES string of the molecule is COc1ccc(OCCNCc2ccc(-n3cccn3)cc2)cc1. The first-order valence-corrected chi connectivity index (χ1v) is 7.92. The summed E-state index contributed by atoms with van der Waals surface area (Å²) in [7, 11) is 1.65. The lowest BCUT2D eigenvalue weighted by molar-refractivity contribution is 0.313.